The van der Waals surface area contributed by atoms with Crippen LogP contribution in [0.4, 0.5) is 0 Å². The van der Waals surface area contributed by atoms with Gasteiger partial charge in [-0.15, -0.1) is 0 Å². The van der Waals surface area contributed by atoms with E-state index in [1.807, 2.05) is 67.6 Å². The summed E-state index contributed by atoms with van der Waals surface area (Å²) in [5, 5.41) is 0. The van der Waals surface area contributed by atoms with Gasteiger partial charge in [0.15, 0.2) is 0 Å². The van der Waals surface area contributed by atoms with Crippen molar-refractivity contribution in [3.05, 3.63) is 94.9 Å². The highest BCUT2D eigenvalue weighted by Crippen LogP contribution is 2.31. The Morgan fingerprint density at radius 1 is 0.848 bits per heavy atom. The summed E-state index contributed by atoms with van der Waals surface area (Å²) in [6, 6.07) is 19.3. The second kappa shape index (κ2) is 11.1. The summed E-state index contributed by atoms with van der Waals surface area (Å²) in [4.78, 5) is 40.2. The second-order valence-electron chi connectivity index (χ2n) is 7.50. The number of hydrogen-bond acceptors (Lipinski definition) is 6. The maximum atomic E-state index is 13.8. The Morgan fingerprint density at radius 3 is 1.82 bits per heavy atom. The van der Waals surface area contributed by atoms with Crippen LogP contribution in [0.25, 0.3) is 0 Å². The quantitative estimate of drug-likeness (QED) is 0.445. The average molecular weight is 450 g/mol. The van der Waals surface area contributed by atoms with Gasteiger partial charge in [-0.25, -0.2) is 9.59 Å². The van der Waals surface area contributed by atoms with E-state index in [4.69, 9.17) is 13.9 Å². The smallest absolute Gasteiger partial charge is 0.342 e. The zero-order valence-corrected chi connectivity index (χ0v) is 18.9. The average Bonchev–Trinajstić information content (AvgIpc) is 3.29. The third-order valence-corrected chi connectivity index (χ3v) is 5.38. The molecule has 0 fully saturated rings. The number of carbonyl (C=O) groups excluding carboxylic acids is 3. The summed E-state index contributed by atoms with van der Waals surface area (Å²) in [5.74, 6) is -2.41. The van der Waals surface area contributed by atoms with Crippen LogP contribution in [0, 0.1) is 0 Å². The number of methoxy groups -OCH3 is 2. The normalized spacial score (nSPS) is 11.5. The number of nitrogens with zero attached hydrogens (tertiary/aromatic N) is 1. The number of hydrogen-bond donors (Lipinski definition) is 0. The van der Waals surface area contributed by atoms with E-state index in [0.29, 0.717) is 19.5 Å². The molecule has 0 aliphatic heterocycles. The molecule has 0 aliphatic rings. The van der Waals surface area contributed by atoms with Crippen molar-refractivity contribution >= 4 is 17.8 Å². The molecule has 0 saturated carbocycles. The van der Waals surface area contributed by atoms with Gasteiger partial charge in [-0.1, -0.05) is 67.6 Å². The Balaban J connectivity index is 2.00. The van der Waals surface area contributed by atoms with E-state index in [1.165, 1.54) is 14.2 Å². The standard InChI is InChI=1S/C26H27NO6/c1-4-20(23-22(26(30)32-3)21(17-33-23)25(29)31-2)24(28)27(15-18-11-7-5-8-12-18)16-19-13-9-6-10-14-19/h5-14,17,20H,4,15-16H2,1-3H3. The van der Waals surface area contributed by atoms with E-state index < -0.39 is 17.9 Å². The zero-order chi connectivity index (χ0) is 23.8. The minimum atomic E-state index is -0.787. The number of amides is 1. The van der Waals surface area contributed by atoms with Crippen molar-refractivity contribution in [3.8, 4) is 0 Å². The van der Waals surface area contributed by atoms with Crippen molar-refractivity contribution in [3.63, 3.8) is 0 Å². The van der Waals surface area contributed by atoms with Crippen LogP contribution in [-0.4, -0.2) is 37.0 Å². The predicted octanol–water partition coefficient (Wildman–Crippen LogP) is 4.58. The van der Waals surface area contributed by atoms with Crippen molar-refractivity contribution in [1.29, 1.82) is 0 Å². The van der Waals surface area contributed by atoms with Gasteiger partial charge in [0, 0.05) is 13.1 Å². The molecule has 0 bridgehead atoms. The molecule has 0 saturated heterocycles. The lowest BCUT2D eigenvalue weighted by Crippen LogP contribution is -2.34. The van der Waals surface area contributed by atoms with E-state index in [1.54, 1.807) is 4.90 Å². The first kappa shape index (κ1) is 23.8. The van der Waals surface area contributed by atoms with E-state index in [-0.39, 0.29) is 22.8 Å². The van der Waals surface area contributed by atoms with Crippen LogP contribution in [0.15, 0.2) is 71.3 Å². The van der Waals surface area contributed by atoms with Crippen LogP contribution in [0.5, 0.6) is 0 Å². The minimum absolute atomic E-state index is 0.0664. The van der Waals surface area contributed by atoms with Gasteiger partial charge in [0.2, 0.25) is 5.91 Å². The molecule has 2 aromatic carbocycles. The summed E-state index contributed by atoms with van der Waals surface area (Å²) < 4.78 is 15.2. The molecule has 1 amide bonds. The van der Waals surface area contributed by atoms with Crippen LogP contribution >= 0.6 is 0 Å². The first-order valence-electron chi connectivity index (χ1n) is 10.6. The molecule has 0 aliphatic carbocycles. The molecular formula is C26H27NO6. The van der Waals surface area contributed by atoms with Crippen LogP contribution in [0.3, 0.4) is 0 Å². The molecule has 7 heteroatoms. The highest BCUT2D eigenvalue weighted by atomic mass is 16.5. The molecule has 1 heterocycles. The summed E-state index contributed by atoms with van der Waals surface area (Å²) in [6.07, 6.45) is 1.50. The number of benzene rings is 2. The van der Waals surface area contributed by atoms with Gasteiger partial charge in [0.1, 0.15) is 23.2 Å². The third kappa shape index (κ3) is 5.49. The van der Waals surface area contributed by atoms with Crippen molar-refractivity contribution in [2.24, 2.45) is 0 Å². The van der Waals surface area contributed by atoms with E-state index in [2.05, 4.69) is 0 Å². The van der Waals surface area contributed by atoms with Gasteiger partial charge >= 0.3 is 11.9 Å². The van der Waals surface area contributed by atoms with Gasteiger partial charge in [0.25, 0.3) is 0 Å². The van der Waals surface area contributed by atoms with Crippen LogP contribution in [-0.2, 0) is 27.4 Å². The molecular weight excluding hydrogens is 422 g/mol. The summed E-state index contributed by atoms with van der Waals surface area (Å²) >= 11 is 0. The number of rotatable bonds is 9. The molecule has 33 heavy (non-hydrogen) atoms. The topological polar surface area (TPSA) is 86.0 Å². The van der Waals surface area contributed by atoms with Gasteiger partial charge in [-0.2, -0.15) is 0 Å². The zero-order valence-electron chi connectivity index (χ0n) is 18.9. The highest BCUT2D eigenvalue weighted by molar-refractivity contribution is 6.04. The fraction of sp³-hybridized carbons (Fsp3) is 0.269. The lowest BCUT2D eigenvalue weighted by atomic mass is 9.95. The molecule has 0 radical (unpaired) electrons. The van der Waals surface area contributed by atoms with E-state index in [0.717, 1.165) is 17.4 Å². The lowest BCUT2D eigenvalue weighted by molar-refractivity contribution is -0.134. The largest absolute Gasteiger partial charge is 0.467 e. The predicted molar refractivity (Wildman–Crippen MR) is 122 cm³/mol. The number of ether oxygens (including phenoxy) is 2. The third-order valence-electron chi connectivity index (χ3n) is 5.38. The van der Waals surface area contributed by atoms with Crippen molar-refractivity contribution in [2.75, 3.05) is 14.2 Å². The Hall–Kier alpha value is -3.87. The molecule has 1 atom stereocenters. The molecule has 7 nitrogen and oxygen atoms in total. The maximum absolute atomic E-state index is 13.8. The molecule has 172 valence electrons. The Bertz CT molecular complexity index is 1050. The van der Waals surface area contributed by atoms with E-state index in [9.17, 15) is 14.4 Å². The first-order valence-corrected chi connectivity index (χ1v) is 10.6. The summed E-state index contributed by atoms with van der Waals surface area (Å²) in [5.41, 5.74) is 1.80. The van der Waals surface area contributed by atoms with Crippen LogP contribution < -0.4 is 0 Å². The molecule has 3 rings (SSSR count). The fourth-order valence-electron chi connectivity index (χ4n) is 3.71. The number of furan rings is 1. The SMILES string of the molecule is CCC(C(=O)N(Cc1ccccc1)Cc1ccccc1)c1occ(C(=O)OC)c1C(=O)OC. The first-order chi connectivity index (χ1) is 16.0. The van der Waals surface area contributed by atoms with Crippen molar-refractivity contribution < 1.29 is 28.3 Å². The molecule has 1 aromatic heterocycles. The van der Waals surface area contributed by atoms with Crippen molar-refractivity contribution in [1.82, 2.24) is 4.90 Å². The fourth-order valence-corrected chi connectivity index (χ4v) is 3.71. The lowest BCUT2D eigenvalue weighted by Gasteiger charge is -2.27. The molecule has 1 unspecified atom stereocenters. The maximum Gasteiger partial charge on any atom is 0.342 e. The van der Waals surface area contributed by atoms with Gasteiger partial charge in [-0.05, 0) is 17.5 Å². The number of carbonyl (C=O) groups is 3. The van der Waals surface area contributed by atoms with E-state index >= 15 is 0 Å². The van der Waals surface area contributed by atoms with Gasteiger partial charge in [0.05, 0.1) is 20.1 Å². The Labute approximate surface area is 192 Å². The number of esters is 2. The van der Waals surface area contributed by atoms with Crippen LogP contribution in [0.2, 0.25) is 0 Å². The minimum Gasteiger partial charge on any atom is -0.467 e. The summed E-state index contributed by atoms with van der Waals surface area (Å²) in [6.45, 7) is 2.58. The molecule has 0 N–H and O–H groups in total. The molecule has 0 spiro atoms. The Kier molecular flexibility index (Phi) is 8.02. The van der Waals surface area contributed by atoms with Crippen LogP contribution in [0.1, 0.15) is 56.9 Å². The summed E-state index contributed by atoms with van der Waals surface area (Å²) in [7, 11) is 2.42. The monoisotopic (exact) mass is 449 g/mol. The van der Waals surface area contributed by atoms with Crippen molar-refractivity contribution in [2.45, 2.75) is 32.4 Å². The van der Waals surface area contributed by atoms with Gasteiger partial charge in [-0.3, -0.25) is 4.79 Å². The molecule has 3 aromatic rings. The Morgan fingerprint density at radius 2 is 1.36 bits per heavy atom. The second-order valence-corrected chi connectivity index (χ2v) is 7.50. The highest BCUT2D eigenvalue weighted by Gasteiger charge is 2.35. The van der Waals surface area contributed by atoms with Gasteiger partial charge < -0.3 is 18.8 Å².